The highest BCUT2D eigenvalue weighted by atomic mass is 79.9. The standard InChI is InChI=1S/C14H17BrN2O/c15-10-5-4-9-8-17(14(18)13(9)6-10)12-3-1-2-11(16)7-12/h4-6,11-12H,1-3,7-8,16H2/t11-,12+/m1/s1. The maximum absolute atomic E-state index is 12.4. The lowest BCUT2D eigenvalue weighted by molar-refractivity contribution is 0.0650. The highest BCUT2D eigenvalue weighted by molar-refractivity contribution is 9.10. The molecule has 3 nitrogen and oxygen atoms in total. The molecule has 0 bridgehead atoms. The molecule has 0 aromatic heterocycles. The lowest BCUT2D eigenvalue weighted by Gasteiger charge is -2.33. The van der Waals surface area contributed by atoms with Crippen molar-refractivity contribution in [2.45, 2.75) is 44.3 Å². The number of carbonyl (C=O) groups is 1. The van der Waals surface area contributed by atoms with Crippen LogP contribution < -0.4 is 5.73 Å². The van der Waals surface area contributed by atoms with Gasteiger partial charge in [-0.25, -0.2) is 0 Å². The van der Waals surface area contributed by atoms with Crippen molar-refractivity contribution in [3.63, 3.8) is 0 Å². The first-order chi connectivity index (χ1) is 8.65. The van der Waals surface area contributed by atoms with E-state index in [0.717, 1.165) is 47.8 Å². The molecule has 0 spiro atoms. The minimum absolute atomic E-state index is 0.172. The van der Waals surface area contributed by atoms with Crippen LogP contribution in [0, 0.1) is 0 Å². The van der Waals surface area contributed by atoms with Crippen molar-refractivity contribution < 1.29 is 4.79 Å². The number of hydrogen-bond donors (Lipinski definition) is 1. The summed E-state index contributed by atoms with van der Waals surface area (Å²) in [4.78, 5) is 14.4. The third kappa shape index (κ3) is 2.08. The summed E-state index contributed by atoms with van der Waals surface area (Å²) in [7, 11) is 0. The lowest BCUT2D eigenvalue weighted by atomic mass is 9.90. The molecule has 1 heterocycles. The number of halogens is 1. The first kappa shape index (κ1) is 12.2. The molecule has 1 aliphatic heterocycles. The summed E-state index contributed by atoms with van der Waals surface area (Å²) in [6.45, 7) is 0.749. The predicted octanol–water partition coefficient (Wildman–Crippen LogP) is 2.67. The average molecular weight is 309 g/mol. The quantitative estimate of drug-likeness (QED) is 0.867. The number of amides is 1. The zero-order valence-electron chi connectivity index (χ0n) is 10.2. The number of hydrogen-bond acceptors (Lipinski definition) is 2. The zero-order chi connectivity index (χ0) is 12.7. The maximum atomic E-state index is 12.4. The second-order valence-corrected chi connectivity index (χ2v) is 6.23. The van der Waals surface area contributed by atoms with Crippen molar-refractivity contribution >= 4 is 21.8 Å². The molecule has 0 unspecified atom stereocenters. The van der Waals surface area contributed by atoms with E-state index in [1.165, 1.54) is 0 Å². The van der Waals surface area contributed by atoms with Gasteiger partial charge in [-0.3, -0.25) is 4.79 Å². The predicted molar refractivity (Wildman–Crippen MR) is 74.2 cm³/mol. The minimum Gasteiger partial charge on any atom is -0.331 e. The van der Waals surface area contributed by atoms with Crippen LogP contribution in [0.4, 0.5) is 0 Å². The largest absolute Gasteiger partial charge is 0.331 e. The molecule has 4 heteroatoms. The summed E-state index contributed by atoms with van der Waals surface area (Å²) in [5.74, 6) is 0.172. The van der Waals surface area contributed by atoms with E-state index in [1.54, 1.807) is 0 Å². The molecule has 1 fully saturated rings. The Labute approximate surface area is 115 Å². The van der Waals surface area contributed by atoms with Crippen LogP contribution in [0.25, 0.3) is 0 Å². The van der Waals surface area contributed by atoms with Crippen LogP contribution in [-0.2, 0) is 6.54 Å². The molecule has 1 amide bonds. The van der Waals surface area contributed by atoms with Crippen LogP contribution >= 0.6 is 15.9 Å². The fourth-order valence-corrected chi connectivity index (χ4v) is 3.44. The van der Waals surface area contributed by atoms with Crippen molar-refractivity contribution in [2.75, 3.05) is 0 Å². The van der Waals surface area contributed by atoms with Gasteiger partial charge in [0.05, 0.1) is 0 Å². The van der Waals surface area contributed by atoms with Gasteiger partial charge in [-0.2, -0.15) is 0 Å². The number of nitrogens with two attached hydrogens (primary N) is 1. The second-order valence-electron chi connectivity index (χ2n) is 5.32. The van der Waals surface area contributed by atoms with Crippen molar-refractivity contribution in [1.29, 1.82) is 0 Å². The minimum atomic E-state index is 0.172. The molecule has 3 rings (SSSR count). The van der Waals surface area contributed by atoms with Crippen molar-refractivity contribution in [3.05, 3.63) is 33.8 Å². The Kier molecular flexibility index (Phi) is 3.16. The van der Waals surface area contributed by atoms with Gasteiger partial charge in [-0.05, 0) is 43.4 Å². The zero-order valence-corrected chi connectivity index (χ0v) is 11.8. The van der Waals surface area contributed by atoms with Gasteiger partial charge in [-0.1, -0.05) is 22.0 Å². The van der Waals surface area contributed by atoms with E-state index in [1.807, 2.05) is 23.1 Å². The van der Waals surface area contributed by atoms with Crippen LogP contribution in [-0.4, -0.2) is 22.9 Å². The summed E-state index contributed by atoms with van der Waals surface area (Å²) in [5, 5.41) is 0. The Balaban J connectivity index is 1.83. The molecule has 2 aliphatic rings. The molecular formula is C14H17BrN2O. The van der Waals surface area contributed by atoms with Crippen LogP contribution in [0.2, 0.25) is 0 Å². The normalized spacial score (nSPS) is 27.4. The third-order valence-electron chi connectivity index (χ3n) is 4.03. The molecule has 2 N–H and O–H groups in total. The van der Waals surface area contributed by atoms with Gasteiger partial charge < -0.3 is 10.6 Å². The van der Waals surface area contributed by atoms with E-state index in [-0.39, 0.29) is 11.9 Å². The van der Waals surface area contributed by atoms with E-state index >= 15 is 0 Å². The van der Waals surface area contributed by atoms with Crippen molar-refractivity contribution in [1.82, 2.24) is 4.90 Å². The molecule has 18 heavy (non-hydrogen) atoms. The summed E-state index contributed by atoms with van der Waals surface area (Å²) < 4.78 is 0.969. The fraction of sp³-hybridized carbons (Fsp3) is 0.500. The van der Waals surface area contributed by atoms with E-state index in [4.69, 9.17) is 5.73 Å². The van der Waals surface area contributed by atoms with Gasteiger partial charge in [0, 0.05) is 28.7 Å². The SMILES string of the molecule is N[C@@H]1CCC[C@H](N2Cc3ccc(Br)cc3C2=O)C1. The van der Waals surface area contributed by atoms with Crippen LogP contribution in [0.1, 0.15) is 41.6 Å². The molecule has 2 atom stereocenters. The molecule has 96 valence electrons. The third-order valence-corrected chi connectivity index (χ3v) is 4.52. The van der Waals surface area contributed by atoms with E-state index in [2.05, 4.69) is 15.9 Å². The van der Waals surface area contributed by atoms with Crippen LogP contribution in [0.15, 0.2) is 22.7 Å². The summed E-state index contributed by atoms with van der Waals surface area (Å²) in [6.07, 6.45) is 4.27. The number of fused-ring (bicyclic) bond motifs is 1. The van der Waals surface area contributed by atoms with Crippen molar-refractivity contribution in [2.24, 2.45) is 5.73 Å². The first-order valence-electron chi connectivity index (χ1n) is 6.50. The average Bonchev–Trinajstić information content (AvgIpc) is 2.67. The topological polar surface area (TPSA) is 46.3 Å². The Bertz CT molecular complexity index is 489. The summed E-state index contributed by atoms with van der Waals surface area (Å²) in [5.41, 5.74) is 8.01. The smallest absolute Gasteiger partial charge is 0.254 e. The Morgan fingerprint density at radius 1 is 1.33 bits per heavy atom. The Morgan fingerprint density at radius 3 is 2.94 bits per heavy atom. The number of nitrogens with zero attached hydrogens (tertiary/aromatic N) is 1. The molecule has 0 saturated heterocycles. The van der Waals surface area contributed by atoms with Gasteiger partial charge in [0.1, 0.15) is 0 Å². The molecule has 1 aromatic carbocycles. The number of rotatable bonds is 1. The van der Waals surface area contributed by atoms with Gasteiger partial charge in [0.25, 0.3) is 5.91 Å². The van der Waals surface area contributed by atoms with Gasteiger partial charge >= 0.3 is 0 Å². The Morgan fingerprint density at radius 2 is 2.17 bits per heavy atom. The second kappa shape index (κ2) is 4.67. The summed E-state index contributed by atoms with van der Waals surface area (Å²) in [6, 6.07) is 6.56. The highest BCUT2D eigenvalue weighted by Gasteiger charge is 2.34. The van der Waals surface area contributed by atoms with E-state index < -0.39 is 0 Å². The highest BCUT2D eigenvalue weighted by Crippen LogP contribution is 2.31. The number of carbonyl (C=O) groups excluding carboxylic acids is 1. The van der Waals surface area contributed by atoms with Gasteiger partial charge in [-0.15, -0.1) is 0 Å². The summed E-state index contributed by atoms with van der Waals surface area (Å²) >= 11 is 3.43. The molecule has 1 aromatic rings. The van der Waals surface area contributed by atoms with Crippen molar-refractivity contribution in [3.8, 4) is 0 Å². The molecule has 1 aliphatic carbocycles. The first-order valence-corrected chi connectivity index (χ1v) is 7.29. The van der Waals surface area contributed by atoms with Gasteiger partial charge in [0.2, 0.25) is 0 Å². The lowest BCUT2D eigenvalue weighted by Crippen LogP contribution is -2.42. The molecule has 1 saturated carbocycles. The maximum Gasteiger partial charge on any atom is 0.254 e. The van der Waals surface area contributed by atoms with E-state index in [9.17, 15) is 4.79 Å². The van der Waals surface area contributed by atoms with Crippen LogP contribution in [0.3, 0.4) is 0 Å². The Hall–Kier alpha value is -0.870. The molecular weight excluding hydrogens is 292 g/mol. The molecule has 0 radical (unpaired) electrons. The van der Waals surface area contributed by atoms with Gasteiger partial charge in [0.15, 0.2) is 0 Å². The van der Waals surface area contributed by atoms with Crippen LogP contribution in [0.5, 0.6) is 0 Å². The van der Waals surface area contributed by atoms with E-state index in [0.29, 0.717) is 6.04 Å². The number of benzene rings is 1. The fourth-order valence-electron chi connectivity index (χ4n) is 3.07. The monoisotopic (exact) mass is 308 g/mol.